The maximum atomic E-state index is 12.4. The van der Waals surface area contributed by atoms with Crippen LogP contribution in [-0.2, 0) is 6.54 Å². The van der Waals surface area contributed by atoms with E-state index in [1.165, 1.54) is 5.56 Å². The number of benzene rings is 2. The predicted molar refractivity (Wildman–Crippen MR) is 106 cm³/mol. The zero-order valence-electron chi connectivity index (χ0n) is 13.9. The predicted octanol–water partition coefficient (Wildman–Crippen LogP) is 4.24. The summed E-state index contributed by atoms with van der Waals surface area (Å²) in [6.45, 7) is 2.82. The van der Waals surface area contributed by atoms with Gasteiger partial charge in [0, 0.05) is 30.7 Å². The third-order valence-electron chi connectivity index (χ3n) is 4.64. The number of fused-ring (bicyclic) bond motifs is 1. The molecule has 0 fully saturated rings. The number of H-pyrrole nitrogens is 1. The molecule has 1 aliphatic heterocycles. The Hall–Kier alpha value is -2.36. The van der Waals surface area contributed by atoms with Crippen LogP contribution in [0.3, 0.4) is 0 Å². The van der Waals surface area contributed by atoms with E-state index in [1.807, 2.05) is 36.4 Å². The van der Waals surface area contributed by atoms with E-state index in [2.05, 4.69) is 40.2 Å². The second kappa shape index (κ2) is 7.68. The van der Waals surface area contributed by atoms with Crippen molar-refractivity contribution in [3.63, 3.8) is 0 Å². The molecular weight excluding hydrogens is 332 g/mol. The van der Waals surface area contributed by atoms with Gasteiger partial charge in [-0.2, -0.15) is 0 Å². The van der Waals surface area contributed by atoms with Gasteiger partial charge in [0.1, 0.15) is 0 Å². The van der Waals surface area contributed by atoms with Crippen molar-refractivity contribution in [1.29, 1.82) is 0 Å². The summed E-state index contributed by atoms with van der Waals surface area (Å²) in [5.74, 6) is 0. The van der Waals surface area contributed by atoms with Crippen LogP contribution < -0.4 is 5.56 Å². The summed E-state index contributed by atoms with van der Waals surface area (Å²) in [6, 6.07) is 20.5. The number of hydrogen-bond acceptors (Lipinski definition) is 2. The van der Waals surface area contributed by atoms with E-state index in [4.69, 9.17) is 0 Å². The molecule has 0 radical (unpaired) electrons. The van der Waals surface area contributed by atoms with E-state index in [0.29, 0.717) is 0 Å². The molecule has 0 saturated carbocycles. The van der Waals surface area contributed by atoms with Crippen molar-refractivity contribution < 1.29 is 0 Å². The first kappa shape index (κ1) is 17.5. The number of nitrogens with one attached hydrogen (secondary N) is 1. The Kier molecular flexibility index (Phi) is 5.37. The van der Waals surface area contributed by atoms with E-state index in [-0.39, 0.29) is 18.0 Å². The SMILES string of the molecule is Cl.O=c1[nH]c2ccccc2cc1C1=CCN(Cc2ccccc2)CC1. The topological polar surface area (TPSA) is 36.1 Å². The third-order valence-corrected chi connectivity index (χ3v) is 4.64. The fourth-order valence-electron chi connectivity index (χ4n) is 3.33. The Balaban J connectivity index is 0.00000182. The van der Waals surface area contributed by atoms with E-state index < -0.39 is 0 Å². The zero-order valence-corrected chi connectivity index (χ0v) is 14.8. The Labute approximate surface area is 153 Å². The lowest BCUT2D eigenvalue weighted by Crippen LogP contribution is -2.29. The summed E-state index contributed by atoms with van der Waals surface area (Å²) < 4.78 is 0. The van der Waals surface area contributed by atoms with Crippen LogP contribution in [0.15, 0.2) is 71.5 Å². The molecule has 0 aliphatic carbocycles. The number of hydrogen-bond donors (Lipinski definition) is 1. The molecule has 0 spiro atoms. The van der Waals surface area contributed by atoms with Gasteiger partial charge in [-0.25, -0.2) is 0 Å². The highest BCUT2D eigenvalue weighted by atomic mass is 35.5. The maximum Gasteiger partial charge on any atom is 0.255 e. The van der Waals surface area contributed by atoms with Crippen LogP contribution in [0.2, 0.25) is 0 Å². The lowest BCUT2D eigenvalue weighted by molar-refractivity contribution is 0.294. The zero-order chi connectivity index (χ0) is 16.4. The summed E-state index contributed by atoms with van der Waals surface area (Å²) in [7, 11) is 0. The normalized spacial score (nSPS) is 14.8. The third kappa shape index (κ3) is 3.84. The molecule has 4 rings (SSSR count). The summed E-state index contributed by atoms with van der Waals surface area (Å²) in [4.78, 5) is 17.8. The van der Waals surface area contributed by atoms with E-state index in [1.54, 1.807) is 0 Å². The monoisotopic (exact) mass is 352 g/mol. The summed E-state index contributed by atoms with van der Waals surface area (Å²) in [6.07, 6.45) is 3.11. The molecule has 0 amide bonds. The standard InChI is InChI=1S/C21H20N2O.ClH/c24-21-19(14-18-8-4-5-9-20(18)22-21)17-10-12-23(13-11-17)15-16-6-2-1-3-7-16;/h1-10,14H,11-13,15H2,(H,22,24);1H. The van der Waals surface area contributed by atoms with Crippen molar-refractivity contribution in [1.82, 2.24) is 9.88 Å². The van der Waals surface area contributed by atoms with Gasteiger partial charge in [-0.15, -0.1) is 12.4 Å². The molecule has 128 valence electrons. The Morgan fingerprint density at radius 3 is 2.52 bits per heavy atom. The molecule has 1 N–H and O–H groups in total. The van der Waals surface area contributed by atoms with Crippen molar-refractivity contribution in [2.24, 2.45) is 0 Å². The molecular formula is C21H21ClN2O. The van der Waals surface area contributed by atoms with Gasteiger partial charge in [0.25, 0.3) is 5.56 Å². The second-order valence-corrected chi connectivity index (χ2v) is 6.30. The minimum absolute atomic E-state index is 0. The smallest absolute Gasteiger partial charge is 0.255 e. The summed E-state index contributed by atoms with van der Waals surface area (Å²) in [5, 5.41) is 1.08. The Morgan fingerprint density at radius 1 is 1.00 bits per heavy atom. The van der Waals surface area contributed by atoms with Crippen LogP contribution in [0.4, 0.5) is 0 Å². The van der Waals surface area contributed by atoms with E-state index in [0.717, 1.165) is 48.1 Å². The van der Waals surface area contributed by atoms with Crippen molar-refractivity contribution in [2.75, 3.05) is 13.1 Å². The Morgan fingerprint density at radius 2 is 1.76 bits per heavy atom. The van der Waals surface area contributed by atoms with Gasteiger partial charge >= 0.3 is 0 Å². The molecule has 0 saturated heterocycles. The second-order valence-electron chi connectivity index (χ2n) is 6.30. The van der Waals surface area contributed by atoms with Crippen LogP contribution in [-0.4, -0.2) is 23.0 Å². The lowest BCUT2D eigenvalue weighted by Gasteiger charge is -2.26. The Bertz CT molecular complexity index is 947. The highest BCUT2D eigenvalue weighted by Crippen LogP contribution is 2.23. The quantitative estimate of drug-likeness (QED) is 0.765. The molecule has 2 heterocycles. The average molecular weight is 353 g/mol. The van der Waals surface area contributed by atoms with Crippen molar-refractivity contribution in [3.8, 4) is 0 Å². The molecule has 3 nitrogen and oxygen atoms in total. The molecule has 0 bridgehead atoms. The highest BCUT2D eigenvalue weighted by Gasteiger charge is 2.15. The van der Waals surface area contributed by atoms with Gasteiger partial charge in [0.15, 0.2) is 0 Å². The first-order valence-corrected chi connectivity index (χ1v) is 8.37. The van der Waals surface area contributed by atoms with Crippen LogP contribution in [0.1, 0.15) is 17.5 Å². The highest BCUT2D eigenvalue weighted by molar-refractivity contribution is 5.85. The summed E-state index contributed by atoms with van der Waals surface area (Å²) >= 11 is 0. The van der Waals surface area contributed by atoms with Crippen LogP contribution in [0.5, 0.6) is 0 Å². The van der Waals surface area contributed by atoms with Gasteiger partial charge in [-0.05, 0) is 35.1 Å². The van der Waals surface area contributed by atoms with E-state index >= 15 is 0 Å². The molecule has 4 heteroatoms. The molecule has 1 aromatic heterocycles. The first-order valence-electron chi connectivity index (χ1n) is 8.37. The van der Waals surface area contributed by atoms with Crippen LogP contribution in [0, 0.1) is 0 Å². The number of aromatic amines is 1. The number of aromatic nitrogens is 1. The van der Waals surface area contributed by atoms with Crippen LogP contribution >= 0.6 is 12.4 Å². The maximum absolute atomic E-state index is 12.4. The van der Waals surface area contributed by atoms with Crippen LogP contribution in [0.25, 0.3) is 16.5 Å². The number of nitrogens with zero attached hydrogens (tertiary/aromatic N) is 1. The van der Waals surface area contributed by atoms with Gasteiger partial charge in [-0.1, -0.05) is 54.6 Å². The lowest BCUT2D eigenvalue weighted by atomic mass is 9.99. The molecule has 0 atom stereocenters. The molecule has 3 aromatic rings. The van der Waals surface area contributed by atoms with Gasteiger partial charge in [-0.3, -0.25) is 9.69 Å². The largest absolute Gasteiger partial charge is 0.321 e. The number of halogens is 1. The minimum Gasteiger partial charge on any atom is -0.321 e. The molecule has 25 heavy (non-hydrogen) atoms. The van der Waals surface area contributed by atoms with Gasteiger partial charge < -0.3 is 4.98 Å². The van der Waals surface area contributed by atoms with Crippen molar-refractivity contribution in [2.45, 2.75) is 13.0 Å². The number of rotatable bonds is 3. The number of para-hydroxylation sites is 1. The minimum atomic E-state index is 0. The molecule has 2 aromatic carbocycles. The fraction of sp³-hybridized carbons (Fsp3) is 0.190. The summed E-state index contributed by atoms with van der Waals surface area (Å²) in [5.41, 5.74) is 4.21. The van der Waals surface area contributed by atoms with Gasteiger partial charge in [0.2, 0.25) is 0 Å². The molecule has 0 unspecified atom stereocenters. The fourth-order valence-corrected chi connectivity index (χ4v) is 3.33. The van der Waals surface area contributed by atoms with E-state index in [9.17, 15) is 4.79 Å². The van der Waals surface area contributed by atoms with Crippen molar-refractivity contribution in [3.05, 3.63) is 88.2 Å². The first-order chi connectivity index (χ1) is 11.8. The number of pyridine rings is 1. The average Bonchev–Trinajstić information content (AvgIpc) is 2.63. The van der Waals surface area contributed by atoms with Gasteiger partial charge in [0.05, 0.1) is 0 Å². The van der Waals surface area contributed by atoms with Crippen molar-refractivity contribution >= 4 is 28.9 Å². The molecule has 1 aliphatic rings.